The van der Waals surface area contributed by atoms with E-state index in [0.717, 1.165) is 11.1 Å². The summed E-state index contributed by atoms with van der Waals surface area (Å²) in [7, 11) is 0. The standard InChI is InChI=1S/C32H22Cl2N2O7/c33-31-20(18-7-9-24-26(13-18)42-16-28(38)35(24)11-12-37)3-1-5-22(31)23-6-2-4-21(32(23)34)19-8-10-25-27(14-19)43-17-29(39)36(25)15-30(40)41/h1-10,12-14H,11,15-17H2,(H,40,41). The van der Waals surface area contributed by atoms with Gasteiger partial charge in [-0.05, 0) is 35.4 Å². The Morgan fingerprint density at radius 1 is 0.744 bits per heavy atom. The molecule has 2 amide bonds. The second kappa shape index (κ2) is 11.4. The van der Waals surface area contributed by atoms with Crippen LogP contribution in [0.25, 0.3) is 33.4 Å². The second-order valence-electron chi connectivity index (χ2n) is 9.82. The van der Waals surface area contributed by atoms with Crippen LogP contribution in [0.4, 0.5) is 11.4 Å². The molecule has 0 radical (unpaired) electrons. The van der Waals surface area contributed by atoms with Crippen LogP contribution >= 0.6 is 23.2 Å². The number of carbonyl (C=O) groups excluding carboxylic acids is 3. The molecule has 2 aliphatic rings. The van der Waals surface area contributed by atoms with Crippen molar-refractivity contribution in [1.82, 2.24) is 0 Å². The molecule has 0 spiro atoms. The molecule has 216 valence electrons. The summed E-state index contributed by atoms with van der Waals surface area (Å²) in [5.74, 6) is -1.01. The fraction of sp³-hybridized carbons (Fsp3) is 0.125. The van der Waals surface area contributed by atoms with Crippen molar-refractivity contribution >= 4 is 58.6 Å². The number of anilines is 2. The Bertz CT molecular complexity index is 1820. The van der Waals surface area contributed by atoms with Gasteiger partial charge in [-0.25, -0.2) is 0 Å². The van der Waals surface area contributed by atoms with Crippen molar-refractivity contribution in [2.75, 3.05) is 36.1 Å². The number of carboxylic acids is 1. The molecule has 4 aromatic carbocycles. The van der Waals surface area contributed by atoms with Crippen molar-refractivity contribution in [3.8, 4) is 44.9 Å². The van der Waals surface area contributed by atoms with E-state index < -0.39 is 18.4 Å². The molecule has 6 rings (SSSR count). The van der Waals surface area contributed by atoms with E-state index >= 15 is 0 Å². The van der Waals surface area contributed by atoms with Gasteiger partial charge in [0.15, 0.2) is 13.2 Å². The van der Waals surface area contributed by atoms with Gasteiger partial charge in [0.2, 0.25) is 0 Å². The van der Waals surface area contributed by atoms with Gasteiger partial charge >= 0.3 is 5.97 Å². The van der Waals surface area contributed by atoms with Crippen LogP contribution in [0.3, 0.4) is 0 Å². The maximum absolute atomic E-state index is 12.3. The number of carbonyl (C=O) groups is 4. The summed E-state index contributed by atoms with van der Waals surface area (Å²) in [5.41, 5.74) is 5.14. The fourth-order valence-corrected chi connectivity index (χ4v) is 5.93. The molecule has 0 bridgehead atoms. The van der Waals surface area contributed by atoms with E-state index in [1.165, 1.54) is 9.80 Å². The third-order valence-electron chi connectivity index (χ3n) is 7.27. The van der Waals surface area contributed by atoms with Gasteiger partial charge < -0.3 is 19.4 Å². The van der Waals surface area contributed by atoms with Gasteiger partial charge in [-0.3, -0.25) is 24.2 Å². The fourth-order valence-electron chi connectivity index (χ4n) is 5.25. The van der Waals surface area contributed by atoms with Gasteiger partial charge in [0.25, 0.3) is 11.8 Å². The smallest absolute Gasteiger partial charge is 0.323 e. The summed E-state index contributed by atoms with van der Waals surface area (Å²) in [6.07, 6.45) is 0.672. The van der Waals surface area contributed by atoms with Crippen molar-refractivity contribution in [2.24, 2.45) is 0 Å². The minimum atomic E-state index is -1.13. The maximum atomic E-state index is 12.3. The number of amides is 2. The summed E-state index contributed by atoms with van der Waals surface area (Å²) in [5, 5.41) is 10.1. The zero-order valence-electron chi connectivity index (χ0n) is 22.4. The molecule has 0 saturated heterocycles. The van der Waals surface area contributed by atoms with Gasteiger partial charge in [-0.2, -0.15) is 0 Å². The van der Waals surface area contributed by atoms with Crippen LogP contribution in [0, 0.1) is 0 Å². The third-order valence-corrected chi connectivity index (χ3v) is 8.08. The summed E-state index contributed by atoms with van der Waals surface area (Å²) in [6.45, 7) is -0.957. The van der Waals surface area contributed by atoms with Gasteiger partial charge in [0.05, 0.1) is 28.0 Å². The largest absolute Gasteiger partial charge is 0.482 e. The predicted molar refractivity (Wildman–Crippen MR) is 162 cm³/mol. The highest BCUT2D eigenvalue weighted by atomic mass is 35.5. The third kappa shape index (κ3) is 5.17. The van der Waals surface area contributed by atoms with Crippen molar-refractivity contribution in [1.29, 1.82) is 0 Å². The van der Waals surface area contributed by atoms with Gasteiger partial charge in [0, 0.05) is 22.3 Å². The summed E-state index contributed by atoms with van der Waals surface area (Å²) in [6, 6.07) is 21.6. The van der Waals surface area contributed by atoms with E-state index in [9.17, 15) is 24.3 Å². The zero-order valence-corrected chi connectivity index (χ0v) is 23.9. The van der Waals surface area contributed by atoms with Gasteiger partial charge in [0.1, 0.15) is 24.3 Å². The van der Waals surface area contributed by atoms with Crippen LogP contribution in [0.15, 0.2) is 72.8 Å². The number of fused-ring (bicyclic) bond motifs is 2. The number of hydrogen-bond acceptors (Lipinski definition) is 6. The Morgan fingerprint density at radius 2 is 1.21 bits per heavy atom. The Balaban J connectivity index is 1.37. The maximum Gasteiger partial charge on any atom is 0.323 e. The number of ether oxygens (including phenoxy) is 2. The summed E-state index contributed by atoms with van der Waals surface area (Å²) < 4.78 is 11.3. The van der Waals surface area contributed by atoms with Crippen molar-refractivity contribution in [3.05, 3.63) is 82.8 Å². The zero-order chi connectivity index (χ0) is 30.2. The molecule has 9 nitrogen and oxygen atoms in total. The van der Waals surface area contributed by atoms with E-state index in [2.05, 4.69) is 0 Å². The average molecular weight is 617 g/mol. The van der Waals surface area contributed by atoms with E-state index in [0.29, 0.717) is 61.5 Å². The van der Waals surface area contributed by atoms with E-state index in [4.69, 9.17) is 32.7 Å². The number of halogens is 2. The van der Waals surface area contributed by atoms with E-state index in [-0.39, 0.29) is 25.7 Å². The first-order chi connectivity index (χ1) is 20.8. The Kier molecular flexibility index (Phi) is 7.52. The first-order valence-corrected chi connectivity index (χ1v) is 13.9. The first-order valence-electron chi connectivity index (χ1n) is 13.1. The van der Waals surface area contributed by atoms with E-state index in [1.54, 1.807) is 30.3 Å². The minimum absolute atomic E-state index is 0.0608. The second-order valence-corrected chi connectivity index (χ2v) is 10.6. The molecule has 1 N–H and O–H groups in total. The minimum Gasteiger partial charge on any atom is -0.482 e. The van der Waals surface area contributed by atoms with Crippen LogP contribution in [0.1, 0.15) is 0 Å². The van der Waals surface area contributed by atoms with Crippen LogP contribution in [-0.4, -0.2) is 55.5 Å². The number of hydrogen-bond donors (Lipinski definition) is 1. The Labute approximate surface area is 255 Å². The van der Waals surface area contributed by atoms with E-state index in [1.807, 2.05) is 42.5 Å². The van der Waals surface area contributed by atoms with Crippen LogP contribution in [0.2, 0.25) is 10.0 Å². The van der Waals surface area contributed by atoms with Crippen molar-refractivity contribution in [3.63, 3.8) is 0 Å². The number of aliphatic carboxylic acids is 1. The molecule has 0 fully saturated rings. The molecule has 43 heavy (non-hydrogen) atoms. The predicted octanol–water partition coefficient (Wildman–Crippen LogP) is 5.73. The van der Waals surface area contributed by atoms with Crippen LogP contribution in [-0.2, 0) is 19.2 Å². The molecule has 0 atom stereocenters. The lowest BCUT2D eigenvalue weighted by molar-refractivity contribution is -0.137. The molecule has 2 heterocycles. The lowest BCUT2D eigenvalue weighted by Gasteiger charge is -2.28. The molecule has 2 aliphatic heterocycles. The lowest BCUT2D eigenvalue weighted by atomic mass is 9.95. The molecular formula is C32H22Cl2N2O7. The van der Waals surface area contributed by atoms with Crippen LogP contribution in [0.5, 0.6) is 11.5 Å². The average Bonchev–Trinajstić information content (AvgIpc) is 3.00. The molecule has 0 saturated carbocycles. The molecule has 4 aromatic rings. The SMILES string of the molecule is O=CCN1C(=O)COc2cc(-c3cccc(-c4cccc(-c5ccc6c(c5)OCC(=O)N6CC(=O)O)c4Cl)c3Cl)ccc21. The number of aldehydes is 1. The highest BCUT2D eigenvalue weighted by molar-refractivity contribution is 6.39. The summed E-state index contributed by atoms with van der Waals surface area (Å²) in [4.78, 5) is 49.4. The van der Waals surface area contributed by atoms with Crippen LogP contribution < -0.4 is 19.3 Å². The molecule has 0 unspecified atom stereocenters. The Hall–Kier alpha value is -4.86. The summed E-state index contributed by atoms with van der Waals surface area (Å²) >= 11 is 14.0. The highest BCUT2D eigenvalue weighted by Gasteiger charge is 2.28. The number of rotatable bonds is 7. The number of nitrogens with zero attached hydrogens (tertiary/aromatic N) is 2. The normalized spacial score (nSPS) is 14.0. The highest BCUT2D eigenvalue weighted by Crippen LogP contribution is 2.45. The van der Waals surface area contributed by atoms with Gasteiger partial charge in [-0.1, -0.05) is 71.7 Å². The topological polar surface area (TPSA) is 113 Å². The molecule has 0 aliphatic carbocycles. The lowest BCUT2D eigenvalue weighted by Crippen LogP contribution is -2.41. The molecular weight excluding hydrogens is 595 g/mol. The Morgan fingerprint density at radius 3 is 1.70 bits per heavy atom. The number of benzene rings is 4. The number of carboxylic acid groups (broad SMARTS) is 1. The monoisotopic (exact) mass is 616 g/mol. The molecule has 0 aromatic heterocycles. The van der Waals surface area contributed by atoms with Crippen molar-refractivity contribution < 1.29 is 33.8 Å². The van der Waals surface area contributed by atoms with Crippen molar-refractivity contribution in [2.45, 2.75) is 0 Å². The molecule has 11 heteroatoms. The quantitative estimate of drug-likeness (QED) is 0.264. The van der Waals surface area contributed by atoms with Gasteiger partial charge in [-0.15, -0.1) is 0 Å². The first kappa shape index (κ1) is 28.3.